The van der Waals surface area contributed by atoms with Crippen molar-refractivity contribution in [3.63, 3.8) is 0 Å². The molecule has 1 N–H and O–H groups in total. The van der Waals surface area contributed by atoms with E-state index in [1.807, 2.05) is 24.3 Å². The van der Waals surface area contributed by atoms with Gasteiger partial charge in [-0.1, -0.05) is 15.9 Å². The van der Waals surface area contributed by atoms with E-state index in [0.717, 1.165) is 66.3 Å². The monoisotopic (exact) mass is 485 g/mol. The fourth-order valence-electron chi connectivity index (χ4n) is 4.02. The van der Waals surface area contributed by atoms with Gasteiger partial charge in [-0.05, 0) is 42.5 Å². The molecule has 1 amide bonds. The molecule has 5 rings (SSSR count). The molecule has 3 aromatic rings. The Balaban J connectivity index is 1.44. The van der Waals surface area contributed by atoms with Gasteiger partial charge in [0, 0.05) is 41.7 Å². The van der Waals surface area contributed by atoms with Crippen LogP contribution in [0.1, 0.15) is 10.6 Å². The Morgan fingerprint density at radius 2 is 1.58 bits per heavy atom. The van der Waals surface area contributed by atoms with Gasteiger partial charge in [0.25, 0.3) is 5.91 Å². The number of carbonyl (C=O) groups is 1. The van der Waals surface area contributed by atoms with Crippen molar-refractivity contribution in [1.82, 2.24) is 0 Å². The lowest BCUT2D eigenvalue weighted by Gasteiger charge is -2.33. The third kappa shape index (κ3) is 4.42. The van der Waals surface area contributed by atoms with Gasteiger partial charge in [-0.2, -0.15) is 0 Å². The second-order valence-corrected chi connectivity index (χ2v) is 8.56. The van der Waals surface area contributed by atoms with Gasteiger partial charge >= 0.3 is 0 Å². The molecule has 0 radical (unpaired) electrons. The van der Waals surface area contributed by atoms with Crippen molar-refractivity contribution in [3.05, 3.63) is 52.7 Å². The van der Waals surface area contributed by atoms with Crippen LogP contribution in [0, 0.1) is 0 Å². The number of benzene rings is 2. The standard InChI is InChI=1S/C23H24BrN3O4/c24-17-1-4-21-16(13-17)14-22(31-21)23(28)25-19-3-2-18(26-5-9-29-10-6-26)15-20(19)27-7-11-30-12-8-27/h1-4,13-15H,5-12H2,(H,25,28). The number of ether oxygens (including phenoxy) is 2. The summed E-state index contributed by atoms with van der Waals surface area (Å²) in [5.74, 6) is 0.0271. The number of nitrogens with one attached hydrogen (secondary N) is 1. The van der Waals surface area contributed by atoms with E-state index in [1.54, 1.807) is 6.07 Å². The maximum Gasteiger partial charge on any atom is 0.291 e. The molecule has 0 bridgehead atoms. The Labute approximate surface area is 189 Å². The van der Waals surface area contributed by atoms with Crippen LogP contribution >= 0.6 is 15.9 Å². The topological polar surface area (TPSA) is 67.2 Å². The molecule has 2 fully saturated rings. The summed E-state index contributed by atoms with van der Waals surface area (Å²) < 4.78 is 17.7. The number of furan rings is 1. The van der Waals surface area contributed by atoms with Crippen molar-refractivity contribution in [2.45, 2.75) is 0 Å². The Morgan fingerprint density at radius 1 is 0.871 bits per heavy atom. The highest BCUT2D eigenvalue weighted by atomic mass is 79.9. The molecule has 31 heavy (non-hydrogen) atoms. The number of amides is 1. The normalized spacial score (nSPS) is 17.2. The van der Waals surface area contributed by atoms with Crippen LogP contribution in [0.25, 0.3) is 11.0 Å². The van der Waals surface area contributed by atoms with Crippen LogP contribution in [0.2, 0.25) is 0 Å². The molecule has 0 spiro atoms. The minimum atomic E-state index is -0.263. The number of hydrogen-bond acceptors (Lipinski definition) is 6. The molecule has 0 saturated carbocycles. The molecule has 2 saturated heterocycles. The zero-order valence-corrected chi connectivity index (χ0v) is 18.7. The number of fused-ring (bicyclic) bond motifs is 1. The van der Waals surface area contributed by atoms with Crippen LogP contribution < -0.4 is 15.1 Å². The van der Waals surface area contributed by atoms with Gasteiger partial charge in [0.2, 0.25) is 0 Å². The number of morpholine rings is 2. The molecule has 1 aromatic heterocycles. The van der Waals surface area contributed by atoms with Crippen molar-refractivity contribution in [2.75, 3.05) is 67.7 Å². The second kappa shape index (κ2) is 8.90. The first-order valence-electron chi connectivity index (χ1n) is 10.5. The Kier molecular flexibility index (Phi) is 5.85. The van der Waals surface area contributed by atoms with Crippen LogP contribution in [-0.2, 0) is 9.47 Å². The van der Waals surface area contributed by atoms with E-state index in [2.05, 4.69) is 43.2 Å². The highest BCUT2D eigenvalue weighted by Gasteiger charge is 2.21. The Hall–Kier alpha value is -2.55. The van der Waals surface area contributed by atoms with E-state index in [0.29, 0.717) is 24.6 Å². The smallest absolute Gasteiger partial charge is 0.291 e. The molecule has 7 nitrogen and oxygen atoms in total. The minimum absolute atomic E-state index is 0.263. The van der Waals surface area contributed by atoms with Gasteiger partial charge in [0.1, 0.15) is 5.58 Å². The Morgan fingerprint density at radius 3 is 2.32 bits per heavy atom. The highest BCUT2D eigenvalue weighted by Crippen LogP contribution is 2.33. The van der Waals surface area contributed by atoms with Crippen molar-refractivity contribution < 1.29 is 18.7 Å². The van der Waals surface area contributed by atoms with E-state index in [9.17, 15) is 4.79 Å². The number of nitrogens with zero attached hydrogens (tertiary/aromatic N) is 2. The summed E-state index contributed by atoms with van der Waals surface area (Å²) in [5, 5.41) is 3.94. The summed E-state index contributed by atoms with van der Waals surface area (Å²) >= 11 is 3.46. The number of hydrogen-bond donors (Lipinski definition) is 1. The lowest BCUT2D eigenvalue weighted by atomic mass is 10.1. The summed E-state index contributed by atoms with van der Waals surface area (Å²) in [5.41, 5.74) is 3.59. The molecule has 0 unspecified atom stereocenters. The zero-order valence-electron chi connectivity index (χ0n) is 17.1. The van der Waals surface area contributed by atoms with Crippen LogP contribution in [0.5, 0.6) is 0 Å². The molecule has 2 aromatic carbocycles. The molecule has 0 aliphatic carbocycles. The summed E-state index contributed by atoms with van der Waals surface area (Å²) in [4.78, 5) is 17.6. The lowest BCUT2D eigenvalue weighted by molar-refractivity contribution is 0.0998. The second-order valence-electron chi connectivity index (χ2n) is 7.65. The van der Waals surface area contributed by atoms with Gasteiger partial charge in [0.15, 0.2) is 5.76 Å². The molecule has 8 heteroatoms. The predicted molar refractivity (Wildman–Crippen MR) is 124 cm³/mol. The summed E-state index contributed by atoms with van der Waals surface area (Å²) in [7, 11) is 0. The van der Waals surface area contributed by atoms with Crippen LogP contribution in [0.3, 0.4) is 0 Å². The van der Waals surface area contributed by atoms with Crippen LogP contribution in [0.15, 0.2) is 51.4 Å². The van der Waals surface area contributed by atoms with E-state index in [4.69, 9.17) is 13.9 Å². The average Bonchev–Trinajstić information content (AvgIpc) is 3.24. The fraction of sp³-hybridized carbons (Fsp3) is 0.348. The molecular weight excluding hydrogens is 462 g/mol. The van der Waals surface area contributed by atoms with Gasteiger partial charge in [-0.3, -0.25) is 4.79 Å². The first-order chi connectivity index (χ1) is 15.2. The molecule has 3 heterocycles. The third-order valence-corrected chi connectivity index (χ3v) is 6.15. The largest absolute Gasteiger partial charge is 0.451 e. The molecular formula is C23H24BrN3O4. The summed E-state index contributed by atoms with van der Waals surface area (Å²) in [6.07, 6.45) is 0. The van der Waals surface area contributed by atoms with Crippen molar-refractivity contribution in [1.29, 1.82) is 0 Å². The van der Waals surface area contributed by atoms with Crippen LogP contribution in [-0.4, -0.2) is 58.5 Å². The number of anilines is 3. The van der Waals surface area contributed by atoms with E-state index in [1.165, 1.54) is 0 Å². The average molecular weight is 486 g/mol. The van der Waals surface area contributed by atoms with E-state index < -0.39 is 0 Å². The van der Waals surface area contributed by atoms with Crippen molar-refractivity contribution in [3.8, 4) is 0 Å². The van der Waals surface area contributed by atoms with E-state index >= 15 is 0 Å². The predicted octanol–water partition coefficient (Wildman–Crippen LogP) is 4.12. The molecule has 2 aliphatic heterocycles. The Bertz CT molecular complexity index is 1090. The van der Waals surface area contributed by atoms with Crippen molar-refractivity contribution >= 4 is 49.9 Å². The van der Waals surface area contributed by atoms with E-state index in [-0.39, 0.29) is 5.91 Å². The quantitative estimate of drug-likeness (QED) is 0.599. The van der Waals surface area contributed by atoms with Gasteiger partial charge in [-0.25, -0.2) is 0 Å². The number of carbonyl (C=O) groups excluding carboxylic acids is 1. The SMILES string of the molecule is O=C(Nc1ccc(N2CCOCC2)cc1N1CCOCC1)c1cc2cc(Br)ccc2o1. The molecule has 162 valence electrons. The number of rotatable bonds is 4. The lowest BCUT2D eigenvalue weighted by Crippen LogP contribution is -2.38. The maximum absolute atomic E-state index is 13.0. The maximum atomic E-state index is 13.0. The third-order valence-electron chi connectivity index (χ3n) is 5.66. The first kappa shape index (κ1) is 20.4. The summed E-state index contributed by atoms with van der Waals surface area (Å²) in [6, 6.07) is 13.6. The van der Waals surface area contributed by atoms with Crippen molar-refractivity contribution in [2.24, 2.45) is 0 Å². The zero-order chi connectivity index (χ0) is 21.2. The van der Waals surface area contributed by atoms with Gasteiger partial charge in [-0.15, -0.1) is 0 Å². The first-order valence-corrected chi connectivity index (χ1v) is 11.3. The van der Waals surface area contributed by atoms with Crippen LogP contribution in [0.4, 0.5) is 17.1 Å². The minimum Gasteiger partial charge on any atom is -0.451 e. The number of halogens is 1. The fourth-order valence-corrected chi connectivity index (χ4v) is 4.40. The van der Waals surface area contributed by atoms with Gasteiger partial charge in [0.05, 0.1) is 37.8 Å². The summed E-state index contributed by atoms with van der Waals surface area (Å²) in [6.45, 7) is 6.11. The molecule has 2 aliphatic rings. The van der Waals surface area contributed by atoms with Gasteiger partial charge < -0.3 is 29.0 Å². The highest BCUT2D eigenvalue weighted by molar-refractivity contribution is 9.10. The molecule has 0 atom stereocenters.